The molecule has 2 aromatic carbocycles. The number of aliphatic hydroxyl groups is 2. The second-order valence-corrected chi connectivity index (χ2v) is 11.9. The number of rotatable bonds is 6. The fourth-order valence-corrected chi connectivity index (χ4v) is 6.11. The molecule has 10 nitrogen and oxygen atoms in total. The van der Waals surface area contributed by atoms with Crippen molar-refractivity contribution in [2.45, 2.75) is 84.2 Å². The first-order valence-corrected chi connectivity index (χ1v) is 15.2. The number of carbonyl (C=O) groups is 2. The van der Waals surface area contributed by atoms with Gasteiger partial charge in [0.15, 0.2) is 17.8 Å². The predicted molar refractivity (Wildman–Crippen MR) is 168 cm³/mol. The molecule has 46 heavy (non-hydrogen) atoms. The molecule has 3 heterocycles. The van der Waals surface area contributed by atoms with Gasteiger partial charge in [0.05, 0.1) is 25.2 Å². The van der Waals surface area contributed by atoms with Gasteiger partial charge in [0.2, 0.25) is 0 Å². The van der Waals surface area contributed by atoms with Crippen LogP contribution in [-0.4, -0.2) is 47.3 Å². The van der Waals surface area contributed by atoms with Crippen molar-refractivity contribution in [3.8, 4) is 17.6 Å². The second kappa shape index (κ2) is 13.9. The third-order valence-electron chi connectivity index (χ3n) is 8.43. The Morgan fingerprint density at radius 1 is 1.04 bits per heavy atom. The molecule has 2 bridgehead atoms. The van der Waals surface area contributed by atoms with Crippen molar-refractivity contribution < 1.29 is 43.2 Å². The Bertz CT molecular complexity index is 1800. The van der Waals surface area contributed by atoms with Gasteiger partial charge in [-0.1, -0.05) is 41.7 Å². The highest BCUT2D eigenvalue weighted by Gasteiger charge is 2.52. The Morgan fingerprint density at radius 3 is 2.54 bits per heavy atom. The quantitative estimate of drug-likeness (QED) is 0.101. The highest BCUT2D eigenvalue weighted by molar-refractivity contribution is 5.90. The van der Waals surface area contributed by atoms with E-state index in [9.17, 15) is 19.5 Å². The second-order valence-electron chi connectivity index (χ2n) is 11.9. The van der Waals surface area contributed by atoms with Gasteiger partial charge in [-0.15, -0.1) is 0 Å². The van der Waals surface area contributed by atoms with E-state index in [0.29, 0.717) is 35.8 Å². The number of carbonyl (C=O) groups excluding carboxylic acids is 2. The van der Waals surface area contributed by atoms with Gasteiger partial charge in [-0.2, -0.15) is 0 Å². The number of benzene rings is 2. The SMILES string of the molecule is CC(=O)O[C@@H]1c2c(ccc3c(CO)c(CCOCO)c(=O)oc23)O[C@]2(C)CC#CCc3cccc(c3)CCC(=C(C)C)C(=O)O[C@@H]12. The van der Waals surface area contributed by atoms with Crippen LogP contribution in [0.4, 0.5) is 0 Å². The average molecular weight is 631 g/mol. The Hall–Kier alpha value is -4.43. The van der Waals surface area contributed by atoms with Crippen molar-refractivity contribution in [1.29, 1.82) is 0 Å². The summed E-state index contributed by atoms with van der Waals surface area (Å²) in [7, 11) is 0. The number of ether oxygens (including phenoxy) is 4. The molecule has 0 aliphatic carbocycles. The van der Waals surface area contributed by atoms with Gasteiger partial charge in [-0.25, -0.2) is 9.59 Å². The minimum atomic E-state index is -1.27. The van der Waals surface area contributed by atoms with Crippen LogP contribution in [0.1, 0.15) is 74.5 Å². The maximum absolute atomic E-state index is 13.9. The van der Waals surface area contributed by atoms with Crippen LogP contribution in [0, 0.1) is 11.8 Å². The molecule has 0 saturated carbocycles. The first-order valence-electron chi connectivity index (χ1n) is 15.2. The molecule has 3 aromatic rings. The van der Waals surface area contributed by atoms with E-state index >= 15 is 0 Å². The lowest BCUT2D eigenvalue weighted by atomic mass is 9.83. The van der Waals surface area contributed by atoms with Gasteiger partial charge in [0.1, 0.15) is 18.1 Å². The molecule has 2 aliphatic heterocycles. The van der Waals surface area contributed by atoms with Crippen LogP contribution in [0.15, 0.2) is 56.8 Å². The number of fused-ring (bicyclic) bond motifs is 6. The monoisotopic (exact) mass is 630 g/mol. The molecule has 0 fully saturated rings. The molecule has 5 rings (SSSR count). The summed E-state index contributed by atoms with van der Waals surface area (Å²) in [5, 5.41) is 19.7. The standard InChI is InChI=1S/C36H38O10/c1-21(2)25-12-11-24-10-7-9-23(18-24)8-5-6-16-36(4)33(45-34(25)40)32(43-22(3)39)30-29(46-36)14-13-26-28(19-37)27(15-17-42-20-38)35(41)44-31(26)30/h7,9-10,13-14,18,32-33,37-38H,8,11-12,15-17,19-20H2,1-4H3/t32-,33+,36-/m1/s1. The van der Waals surface area contributed by atoms with E-state index in [-0.39, 0.29) is 41.9 Å². The normalized spacial score (nSPS) is 21.1. The van der Waals surface area contributed by atoms with E-state index in [4.69, 9.17) is 28.5 Å². The number of aliphatic hydroxyl groups excluding tert-OH is 2. The zero-order valence-electron chi connectivity index (χ0n) is 26.4. The lowest BCUT2D eigenvalue weighted by Gasteiger charge is -2.44. The number of esters is 2. The van der Waals surface area contributed by atoms with Crippen LogP contribution >= 0.6 is 0 Å². The van der Waals surface area contributed by atoms with Gasteiger partial charge in [0, 0.05) is 36.3 Å². The van der Waals surface area contributed by atoms with Crippen molar-refractivity contribution in [2.24, 2.45) is 0 Å². The molecule has 242 valence electrons. The van der Waals surface area contributed by atoms with E-state index in [1.54, 1.807) is 19.1 Å². The summed E-state index contributed by atoms with van der Waals surface area (Å²) >= 11 is 0. The molecule has 0 spiro atoms. The van der Waals surface area contributed by atoms with Gasteiger partial charge in [-0.05, 0) is 62.4 Å². The highest BCUT2D eigenvalue weighted by Crippen LogP contribution is 2.48. The van der Waals surface area contributed by atoms with E-state index in [0.717, 1.165) is 16.7 Å². The number of allylic oxidation sites excluding steroid dienone is 1. The first-order chi connectivity index (χ1) is 22.1. The number of hydrogen-bond donors (Lipinski definition) is 2. The topological polar surface area (TPSA) is 142 Å². The van der Waals surface area contributed by atoms with Crippen molar-refractivity contribution in [3.05, 3.63) is 85.8 Å². The summed E-state index contributed by atoms with van der Waals surface area (Å²) < 4.78 is 29.5. The molecule has 2 aliphatic rings. The summed E-state index contributed by atoms with van der Waals surface area (Å²) in [4.78, 5) is 39.8. The predicted octanol–water partition coefficient (Wildman–Crippen LogP) is 4.38. The van der Waals surface area contributed by atoms with Crippen molar-refractivity contribution in [1.82, 2.24) is 0 Å². The molecule has 1 aromatic heterocycles. The molecule has 0 radical (unpaired) electrons. The van der Waals surface area contributed by atoms with E-state index in [2.05, 4.69) is 17.9 Å². The number of aryl methyl sites for hydroxylation is 1. The summed E-state index contributed by atoms with van der Waals surface area (Å²) in [5.74, 6) is 5.42. The fourth-order valence-electron chi connectivity index (χ4n) is 6.11. The Labute approximate surface area is 266 Å². The van der Waals surface area contributed by atoms with Crippen molar-refractivity contribution >= 4 is 22.9 Å². The Kier molecular flexibility index (Phi) is 9.97. The molecule has 3 atom stereocenters. The van der Waals surface area contributed by atoms with Crippen LogP contribution in [0.5, 0.6) is 5.75 Å². The molecule has 10 heteroatoms. The lowest BCUT2D eigenvalue weighted by Crippen LogP contribution is -2.54. The lowest BCUT2D eigenvalue weighted by molar-refractivity contribution is -0.188. The summed E-state index contributed by atoms with van der Waals surface area (Å²) in [5.41, 5.74) is 2.13. The minimum Gasteiger partial charge on any atom is -0.482 e. The average Bonchev–Trinajstić information content (AvgIpc) is 3.00. The molecule has 2 N–H and O–H groups in total. The van der Waals surface area contributed by atoms with Gasteiger partial charge in [0.25, 0.3) is 0 Å². The largest absolute Gasteiger partial charge is 0.482 e. The van der Waals surface area contributed by atoms with Gasteiger partial charge in [-0.3, -0.25) is 4.79 Å². The van der Waals surface area contributed by atoms with E-state index in [1.165, 1.54) is 6.92 Å². The van der Waals surface area contributed by atoms with Crippen LogP contribution in [-0.2, 0) is 49.7 Å². The molecule has 0 amide bonds. The molecule has 0 saturated heterocycles. The van der Waals surface area contributed by atoms with E-state index in [1.807, 2.05) is 32.0 Å². The zero-order chi connectivity index (χ0) is 33.0. The Morgan fingerprint density at radius 2 is 1.83 bits per heavy atom. The third kappa shape index (κ3) is 6.72. The van der Waals surface area contributed by atoms with Gasteiger partial charge >= 0.3 is 17.6 Å². The fraction of sp³-hybridized carbons (Fsp3) is 0.417. The van der Waals surface area contributed by atoms with Crippen LogP contribution in [0.25, 0.3) is 11.0 Å². The van der Waals surface area contributed by atoms with Crippen LogP contribution < -0.4 is 10.4 Å². The van der Waals surface area contributed by atoms with Crippen LogP contribution in [0.3, 0.4) is 0 Å². The first kappa shape index (κ1) is 32.9. The molecular weight excluding hydrogens is 592 g/mol. The minimum absolute atomic E-state index is 0.0266. The van der Waals surface area contributed by atoms with E-state index < -0.39 is 48.8 Å². The summed E-state index contributed by atoms with van der Waals surface area (Å²) in [6.45, 7) is 5.69. The highest BCUT2D eigenvalue weighted by atomic mass is 16.6. The third-order valence-corrected chi connectivity index (χ3v) is 8.43. The van der Waals surface area contributed by atoms with Crippen molar-refractivity contribution in [3.63, 3.8) is 0 Å². The van der Waals surface area contributed by atoms with Gasteiger partial charge < -0.3 is 33.6 Å². The molecule has 0 unspecified atom stereocenters. The smallest absolute Gasteiger partial charge is 0.339 e. The maximum Gasteiger partial charge on any atom is 0.339 e. The molecular formula is C36H38O10. The van der Waals surface area contributed by atoms with Crippen molar-refractivity contribution in [2.75, 3.05) is 13.4 Å². The number of hydrogen-bond acceptors (Lipinski definition) is 10. The van der Waals surface area contributed by atoms with Crippen LogP contribution in [0.2, 0.25) is 0 Å². The maximum atomic E-state index is 13.9. The zero-order valence-corrected chi connectivity index (χ0v) is 26.4. The Balaban J connectivity index is 1.69. The summed E-state index contributed by atoms with van der Waals surface area (Å²) in [6, 6.07) is 11.4. The summed E-state index contributed by atoms with van der Waals surface area (Å²) in [6.07, 6.45) is -0.669.